The molecule has 2 heterocycles. The Morgan fingerprint density at radius 1 is 1.43 bits per heavy atom. The molecule has 0 aliphatic rings. The highest BCUT2D eigenvalue weighted by Crippen LogP contribution is 2.23. The van der Waals surface area contributed by atoms with Crippen LogP contribution in [0, 0.1) is 6.92 Å². The van der Waals surface area contributed by atoms with Crippen LogP contribution in [0.2, 0.25) is 0 Å². The molecule has 1 amide bonds. The lowest BCUT2D eigenvalue weighted by atomic mass is 10.0. The number of rotatable bonds is 6. The monoisotopic (exact) mass is 319 g/mol. The molecule has 0 aliphatic carbocycles. The summed E-state index contributed by atoms with van der Waals surface area (Å²) in [5.41, 5.74) is 1.36. The highest BCUT2D eigenvalue weighted by Gasteiger charge is 2.22. The molecular weight excluding hydrogens is 298 g/mol. The molecule has 2 aromatic rings. The highest BCUT2D eigenvalue weighted by atomic mass is 16.5. The lowest BCUT2D eigenvalue weighted by Crippen LogP contribution is -2.22. The number of hydrogen-bond donors (Lipinski definition) is 1. The first-order valence-corrected chi connectivity index (χ1v) is 7.41. The number of nitrogens with one attached hydrogen (secondary N) is 1. The van der Waals surface area contributed by atoms with E-state index in [0.29, 0.717) is 35.9 Å². The second kappa shape index (κ2) is 7.23. The molecule has 0 radical (unpaired) electrons. The molecule has 0 saturated heterocycles. The van der Waals surface area contributed by atoms with Gasteiger partial charge >= 0.3 is 0 Å². The van der Waals surface area contributed by atoms with E-state index in [9.17, 15) is 9.59 Å². The van der Waals surface area contributed by atoms with Crippen molar-refractivity contribution in [3.63, 3.8) is 0 Å². The zero-order chi connectivity index (χ0) is 17.0. The summed E-state index contributed by atoms with van der Waals surface area (Å²) < 4.78 is 11.7. The van der Waals surface area contributed by atoms with Gasteiger partial charge in [0.25, 0.3) is 11.5 Å². The van der Waals surface area contributed by atoms with Crippen molar-refractivity contribution >= 4 is 11.6 Å². The van der Waals surface area contributed by atoms with Crippen molar-refractivity contribution in [2.24, 2.45) is 0 Å². The van der Waals surface area contributed by atoms with E-state index in [4.69, 9.17) is 9.26 Å². The number of amides is 1. The molecule has 7 nitrogen and oxygen atoms in total. The molecule has 0 bridgehead atoms. The first kappa shape index (κ1) is 17.0. The van der Waals surface area contributed by atoms with Gasteiger partial charge in [-0.15, -0.1) is 0 Å². The summed E-state index contributed by atoms with van der Waals surface area (Å²) in [6.07, 6.45) is 1.59. The maximum atomic E-state index is 12.5. The minimum Gasteiger partial charge on any atom is -0.383 e. The number of nitrogens with zero attached hydrogens (tertiary/aromatic N) is 2. The number of anilines is 1. The molecule has 0 fully saturated rings. The van der Waals surface area contributed by atoms with Gasteiger partial charge in [-0.3, -0.25) is 9.59 Å². The summed E-state index contributed by atoms with van der Waals surface area (Å²) in [5.74, 6) is 0.296. The number of carbonyl (C=O) groups excluding carboxylic acids is 1. The summed E-state index contributed by atoms with van der Waals surface area (Å²) in [5, 5.41) is 6.65. The maximum Gasteiger partial charge on any atom is 0.261 e. The van der Waals surface area contributed by atoms with Crippen LogP contribution in [0.5, 0.6) is 0 Å². The van der Waals surface area contributed by atoms with E-state index >= 15 is 0 Å². The third kappa shape index (κ3) is 3.87. The first-order valence-electron chi connectivity index (χ1n) is 7.41. The third-order valence-corrected chi connectivity index (χ3v) is 3.42. The van der Waals surface area contributed by atoms with E-state index in [2.05, 4.69) is 10.5 Å². The van der Waals surface area contributed by atoms with Crippen molar-refractivity contribution < 1.29 is 14.1 Å². The highest BCUT2D eigenvalue weighted by molar-refractivity contribution is 6.05. The summed E-state index contributed by atoms with van der Waals surface area (Å²) in [6, 6.07) is 2.98. The normalized spacial score (nSPS) is 11.0. The van der Waals surface area contributed by atoms with Crippen LogP contribution in [0.25, 0.3) is 0 Å². The van der Waals surface area contributed by atoms with Crippen LogP contribution in [0.3, 0.4) is 0 Å². The van der Waals surface area contributed by atoms with Gasteiger partial charge in [0, 0.05) is 31.8 Å². The Balaban J connectivity index is 2.24. The average molecular weight is 319 g/mol. The fraction of sp³-hybridized carbons (Fsp3) is 0.438. The van der Waals surface area contributed by atoms with Gasteiger partial charge in [0.1, 0.15) is 5.56 Å². The molecule has 2 aromatic heterocycles. The minimum atomic E-state index is -0.301. The molecule has 0 saturated carbocycles. The average Bonchev–Trinajstić information content (AvgIpc) is 2.89. The SMILES string of the molecule is COCCn1cc(NC(=O)c2c(C)noc2C(C)C)ccc1=O. The Labute approximate surface area is 134 Å². The first-order chi connectivity index (χ1) is 10.9. The molecule has 0 aliphatic heterocycles. The van der Waals surface area contributed by atoms with Crippen molar-refractivity contribution in [2.75, 3.05) is 19.0 Å². The van der Waals surface area contributed by atoms with Gasteiger partial charge in [-0.25, -0.2) is 0 Å². The van der Waals surface area contributed by atoms with Gasteiger partial charge in [0.2, 0.25) is 0 Å². The number of ether oxygens (including phenoxy) is 1. The summed E-state index contributed by atoms with van der Waals surface area (Å²) >= 11 is 0. The summed E-state index contributed by atoms with van der Waals surface area (Å²) in [7, 11) is 1.57. The van der Waals surface area contributed by atoms with Crippen molar-refractivity contribution in [3.05, 3.63) is 45.7 Å². The van der Waals surface area contributed by atoms with Gasteiger partial charge in [-0.1, -0.05) is 19.0 Å². The van der Waals surface area contributed by atoms with E-state index in [1.54, 1.807) is 26.3 Å². The van der Waals surface area contributed by atoms with E-state index in [1.807, 2.05) is 13.8 Å². The molecule has 0 spiro atoms. The maximum absolute atomic E-state index is 12.5. The van der Waals surface area contributed by atoms with Crippen LogP contribution in [0.15, 0.2) is 27.6 Å². The standard InChI is InChI=1S/C16H21N3O4/c1-10(2)15-14(11(3)18-23-15)16(21)17-12-5-6-13(20)19(9-12)7-8-22-4/h5-6,9-10H,7-8H2,1-4H3,(H,17,21). The topological polar surface area (TPSA) is 86.4 Å². The Bertz CT molecular complexity index is 746. The lowest BCUT2D eigenvalue weighted by molar-refractivity contribution is 0.102. The van der Waals surface area contributed by atoms with E-state index in [1.165, 1.54) is 10.6 Å². The van der Waals surface area contributed by atoms with Crippen LogP contribution < -0.4 is 10.9 Å². The molecule has 0 unspecified atom stereocenters. The van der Waals surface area contributed by atoms with Gasteiger partial charge in [0.15, 0.2) is 5.76 Å². The third-order valence-electron chi connectivity index (χ3n) is 3.42. The zero-order valence-corrected chi connectivity index (χ0v) is 13.8. The second-order valence-electron chi connectivity index (χ2n) is 5.56. The molecular formula is C16H21N3O4. The van der Waals surface area contributed by atoms with Crippen LogP contribution >= 0.6 is 0 Å². The van der Waals surface area contributed by atoms with Crippen LogP contribution in [-0.4, -0.2) is 29.3 Å². The smallest absolute Gasteiger partial charge is 0.261 e. The minimum absolute atomic E-state index is 0.0487. The number of pyridine rings is 1. The Kier molecular flexibility index (Phi) is 5.33. The molecule has 2 rings (SSSR count). The van der Waals surface area contributed by atoms with Gasteiger partial charge in [-0.05, 0) is 13.0 Å². The quantitative estimate of drug-likeness (QED) is 0.882. The van der Waals surface area contributed by atoms with E-state index < -0.39 is 0 Å². The van der Waals surface area contributed by atoms with Gasteiger partial charge in [0.05, 0.1) is 18.0 Å². The predicted molar refractivity (Wildman–Crippen MR) is 85.9 cm³/mol. The summed E-state index contributed by atoms with van der Waals surface area (Å²) in [6.45, 7) is 6.43. The van der Waals surface area contributed by atoms with Gasteiger partial charge in [-0.2, -0.15) is 0 Å². The van der Waals surface area contributed by atoms with Crippen molar-refractivity contribution in [1.82, 2.24) is 9.72 Å². The molecule has 7 heteroatoms. The summed E-state index contributed by atoms with van der Waals surface area (Å²) in [4.78, 5) is 24.3. The van der Waals surface area contributed by atoms with Crippen molar-refractivity contribution in [3.8, 4) is 0 Å². The molecule has 0 aromatic carbocycles. The lowest BCUT2D eigenvalue weighted by Gasteiger charge is -2.10. The number of methoxy groups -OCH3 is 1. The fourth-order valence-corrected chi connectivity index (χ4v) is 2.22. The largest absolute Gasteiger partial charge is 0.383 e. The van der Waals surface area contributed by atoms with Crippen LogP contribution in [0.1, 0.15) is 41.6 Å². The second-order valence-corrected chi connectivity index (χ2v) is 5.56. The Hall–Kier alpha value is -2.41. The Morgan fingerprint density at radius 3 is 2.83 bits per heavy atom. The number of aromatic nitrogens is 2. The number of carbonyl (C=O) groups is 1. The van der Waals surface area contributed by atoms with E-state index in [0.717, 1.165) is 0 Å². The van der Waals surface area contributed by atoms with Crippen LogP contribution in [-0.2, 0) is 11.3 Å². The fourth-order valence-electron chi connectivity index (χ4n) is 2.22. The van der Waals surface area contributed by atoms with Gasteiger partial charge < -0.3 is 19.1 Å². The van der Waals surface area contributed by atoms with Crippen molar-refractivity contribution in [1.29, 1.82) is 0 Å². The molecule has 23 heavy (non-hydrogen) atoms. The van der Waals surface area contributed by atoms with Crippen LogP contribution in [0.4, 0.5) is 5.69 Å². The zero-order valence-electron chi connectivity index (χ0n) is 13.8. The molecule has 0 atom stereocenters. The predicted octanol–water partition coefficient (Wildman–Crippen LogP) is 2.17. The molecule has 124 valence electrons. The molecule has 1 N–H and O–H groups in total. The van der Waals surface area contributed by atoms with E-state index in [-0.39, 0.29) is 17.4 Å². The number of hydrogen-bond acceptors (Lipinski definition) is 5. The number of aryl methyl sites for hydroxylation is 1. The van der Waals surface area contributed by atoms with Crippen molar-refractivity contribution in [2.45, 2.75) is 33.2 Å². The Morgan fingerprint density at radius 2 is 2.17 bits per heavy atom.